The Morgan fingerprint density at radius 3 is 1.60 bits per heavy atom. The van der Waals surface area contributed by atoms with Crippen molar-refractivity contribution in [2.75, 3.05) is 6.79 Å². The van der Waals surface area contributed by atoms with Crippen molar-refractivity contribution in [1.82, 2.24) is 0 Å². The SMILES string of the molecule is CC.CC.CC1C=CC2OCOC2C=C1. The van der Waals surface area contributed by atoms with Gasteiger partial charge in [0.05, 0.1) is 0 Å². The number of hydrogen-bond acceptors (Lipinski definition) is 2. The summed E-state index contributed by atoms with van der Waals surface area (Å²) in [4.78, 5) is 0. The molecule has 88 valence electrons. The first-order valence-corrected chi connectivity index (χ1v) is 5.96. The molecule has 0 bridgehead atoms. The lowest BCUT2D eigenvalue weighted by Crippen LogP contribution is -2.16. The Labute approximate surface area is 94.0 Å². The van der Waals surface area contributed by atoms with Gasteiger partial charge in [-0.15, -0.1) is 0 Å². The highest BCUT2D eigenvalue weighted by Crippen LogP contribution is 2.20. The molecule has 1 aliphatic heterocycles. The van der Waals surface area contributed by atoms with E-state index in [1.807, 2.05) is 27.7 Å². The molecular weight excluding hydrogens is 188 g/mol. The number of rotatable bonds is 0. The highest BCUT2D eigenvalue weighted by atomic mass is 16.7. The third-order valence-electron chi connectivity index (χ3n) is 2.05. The van der Waals surface area contributed by atoms with E-state index in [4.69, 9.17) is 9.47 Å². The second-order valence-electron chi connectivity index (χ2n) is 3.01. The molecule has 1 aliphatic carbocycles. The van der Waals surface area contributed by atoms with Gasteiger partial charge in [0.15, 0.2) is 0 Å². The van der Waals surface area contributed by atoms with E-state index in [0.717, 1.165) is 0 Å². The van der Waals surface area contributed by atoms with Crippen LogP contribution in [0, 0.1) is 5.92 Å². The Bertz CT molecular complexity index is 177. The highest BCUT2D eigenvalue weighted by molar-refractivity contribution is 5.13. The van der Waals surface area contributed by atoms with Gasteiger partial charge in [0, 0.05) is 0 Å². The molecule has 0 spiro atoms. The average Bonchev–Trinajstić information content (AvgIpc) is 2.70. The molecule has 2 atom stereocenters. The maximum Gasteiger partial charge on any atom is 0.148 e. The van der Waals surface area contributed by atoms with Crippen LogP contribution in [0.4, 0.5) is 0 Å². The number of ether oxygens (including phenoxy) is 2. The van der Waals surface area contributed by atoms with E-state index in [9.17, 15) is 0 Å². The predicted octanol–water partition coefficient (Wildman–Crippen LogP) is 3.54. The minimum atomic E-state index is 0.149. The van der Waals surface area contributed by atoms with Crippen LogP contribution in [-0.4, -0.2) is 19.0 Å². The van der Waals surface area contributed by atoms with Crippen LogP contribution in [0.5, 0.6) is 0 Å². The molecule has 15 heavy (non-hydrogen) atoms. The van der Waals surface area contributed by atoms with Crippen LogP contribution < -0.4 is 0 Å². The van der Waals surface area contributed by atoms with Gasteiger partial charge in [-0.1, -0.05) is 58.9 Å². The molecule has 0 aromatic carbocycles. The van der Waals surface area contributed by atoms with Crippen molar-refractivity contribution in [1.29, 1.82) is 0 Å². The quantitative estimate of drug-likeness (QED) is 0.572. The van der Waals surface area contributed by atoms with Crippen molar-refractivity contribution in [2.24, 2.45) is 5.92 Å². The van der Waals surface area contributed by atoms with E-state index in [-0.39, 0.29) is 12.2 Å². The van der Waals surface area contributed by atoms with E-state index >= 15 is 0 Å². The molecule has 2 rings (SSSR count). The monoisotopic (exact) mass is 212 g/mol. The first-order valence-electron chi connectivity index (χ1n) is 5.96. The van der Waals surface area contributed by atoms with Gasteiger partial charge in [0.25, 0.3) is 0 Å². The van der Waals surface area contributed by atoms with E-state index < -0.39 is 0 Å². The molecular formula is C13H24O2. The van der Waals surface area contributed by atoms with Crippen molar-refractivity contribution >= 4 is 0 Å². The summed E-state index contributed by atoms with van der Waals surface area (Å²) in [7, 11) is 0. The van der Waals surface area contributed by atoms with E-state index in [1.165, 1.54) is 0 Å². The fraction of sp³-hybridized carbons (Fsp3) is 0.692. The molecule has 0 aromatic heterocycles. The zero-order valence-electron chi connectivity index (χ0n) is 10.6. The zero-order chi connectivity index (χ0) is 11.7. The van der Waals surface area contributed by atoms with Crippen LogP contribution >= 0.6 is 0 Å². The lowest BCUT2D eigenvalue weighted by Gasteiger charge is -2.05. The summed E-state index contributed by atoms with van der Waals surface area (Å²) in [6, 6.07) is 0. The molecule has 1 fully saturated rings. The van der Waals surface area contributed by atoms with Crippen molar-refractivity contribution in [2.45, 2.75) is 46.8 Å². The molecule has 1 heterocycles. The topological polar surface area (TPSA) is 18.5 Å². The zero-order valence-corrected chi connectivity index (χ0v) is 10.6. The molecule has 2 unspecified atom stereocenters. The Morgan fingerprint density at radius 1 is 0.800 bits per heavy atom. The normalized spacial score (nSPS) is 31.7. The molecule has 0 radical (unpaired) electrons. The maximum absolute atomic E-state index is 5.32. The number of fused-ring (bicyclic) bond motifs is 1. The van der Waals surface area contributed by atoms with Crippen LogP contribution in [0.1, 0.15) is 34.6 Å². The van der Waals surface area contributed by atoms with Crippen molar-refractivity contribution in [3.63, 3.8) is 0 Å². The largest absolute Gasteiger partial charge is 0.345 e. The van der Waals surface area contributed by atoms with Crippen molar-refractivity contribution < 1.29 is 9.47 Å². The molecule has 2 heteroatoms. The molecule has 2 nitrogen and oxygen atoms in total. The minimum Gasteiger partial charge on any atom is -0.345 e. The van der Waals surface area contributed by atoms with Gasteiger partial charge in [0.2, 0.25) is 0 Å². The number of allylic oxidation sites excluding steroid dienone is 2. The standard InChI is InChI=1S/C9H12O2.2C2H6/c1-7-2-4-8-9(5-3-7)11-6-10-8;2*1-2/h2-5,7-9H,6H2,1H3;2*1-2H3. The lowest BCUT2D eigenvalue weighted by atomic mass is 10.2. The summed E-state index contributed by atoms with van der Waals surface area (Å²) >= 11 is 0. The molecule has 1 saturated heterocycles. The van der Waals surface area contributed by atoms with Crippen LogP contribution in [-0.2, 0) is 9.47 Å². The van der Waals surface area contributed by atoms with E-state index in [1.54, 1.807) is 0 Å². The van der Waals surface area contributed by atoms with Crippen LogP contribution in [0.25, 0.3) is 0 Å². The lowest BCUT2D eigenvalue weighted by molar-refractivity contribution is 0.0498. The smallest absolute Gasteiger partial charge is 0.148 e. The Hall–Kier alpha value is -0.600. The second-order valence-corrected chi connectivity index (χ2v) is 3.01. The predicted molar refractivity (Wildman–Crippen MR) is 64.8 cm³/mol. The van der Waals surface area contributed by atoms with Crippen molar-refractivity contribution in [3.8, 4) is 0 Å². The third-order valence-corrected chi connectivity index (χ3v) is 2.05. The molecule has 0 saturated carbocycles. The van der Waals surface area contributed by atoms with Crippen LogP contribution in [0.2, 0.25) is 0 Å². The summed E-state index contributed by atoms with van der Waals surface area (Å²) < 4.78 is 10.6. The van der Waals surface area contributed by atoms with Crippen LogP contribution in [0.15, 0.2) is 24.3 Å². The maximum atomic E-state index is 5.32. The average molecular weight is 212 g/mol. The van der Waals surface area contributed by atoms with Gasteiger partial charge in [-0.05, 0) is 5.92 Å². The van der Waals surface area contributed by atoms with Gasteiger partial charge in [-0.3, -0.25) is 0 Å². The Balaban J connectivity index is 0.000000442. The summed E-state index contributed by atoms with van der Waals surface area (Å²) in [5.41, 5.74) is 0. The fourth-order valence-corrected chi connectivity index (χ4v) is 1.35. The van der Waals surface area contributed by atoms with Crippen molar-refractivity contribution in [3.05, 3.63) is 24.3 Å². The van der Waals surface area contributed by atoms with Gasteiger partial charge in [0.1, 0.15) is 19.0 Å². The summed E-state index contributed by atoms with van der Waals surface area (Å²) in [5, 5.41) is 0. The molecule has 0 amide bonds. The summed E-state index contributed by atoms with van der Waals surface area (Å²) in [6.45, 7) is 10.6. The van der Waals surface area contributed by atoms with Gasteiger partial charge in [-0.2, -0.15) is 0 Å². The highest BCUT2D eigenvalue weighted by Gasteiger charge is 2.25. The second kappa shape index (κ2) is 8.69. The molecule has 0 aromatic rings. The Kier molecular flexibility index (Phi) is 8.34. The molecule has 0 N–H and O–H groups in total. The third kappa shape index (κ3) is 4.63. The summed E-state index contributed by atoms with van der Waals surface area (Å²) in [5.74, 6) is 0.507. The number of hydrogen-bond donors (Lipinski definition) is 0. The van der Waals surface area contributed by atoms with E-state index in [2.05, 4.69) is 31.2 Å². The first-order chi connectivity index (χ1) is 7.36. The van der Waals surface area contributed by atoms with Crippen LogP contribution in [0.3, 0.4) is 0 Å². The minimum absolute atomic E-state index is 0.149. The fourth-order valence-electron chi connectivity index (χ4n) is 1.35. The summed E-state index contributed by atoms with van der Waals surface area (Å²) in [6.07, 6.45) is 8.77. The Morgan fingerprint density at radius 2 is 1.20 bits per heavy atom. The van der Waals surface area contributed by atoms with Gasteiger partial charge in [-0.25, -0.2) is 0 Å². The molecule has 2 aliphatic rings. The van der Waals surface area contributed by atoms with Gasteiger partial charge < -0.3 is 9.47 Å². The van der Waals surface area contributed by atoms with E-state index in [0.29, 0.717) is 12.7 Å². The van der Waals surface area contributed by atoms with Gasteiger partial charge >= 0.3 is 0 Å². The first kappa shape index (κ1) is 14.4.